The minimum atomic E-state index is -0.675. The van der Waals surface area contributed by atoms with Gasteiger partial charge in [-0.2, -0.15) is 0 Å². The van der Waals surface area contributed by atoms with Gasteiger partial charge in [-0.25, -0.2) is 4.79 Å². The lowest BCUT2D eigenvalue weighted by atomic mass is 9.80. The minimum absolute atomic E-state index is 0.225. The quantitative estimate of drug-likeness (QED) is 0.341. The Kier molecular flexibility index (Phi) is 5.95. The molecule has 2 aromatic carbocycles. The molecule has 0 N–H and O–H groups in total. The van der Waals surface area contributed by atoms with Gasteiger partial charge < -0.3 is 9.47 Å². The Morgan fingerprint density at radius 1 is 1.19 bits per heavy atom. The molecule has 2 aromatic rings. The third kappa shape index (κ3) is 4.75. The molecule has 1 heterocycles. The van der Waals surface area contributed by atoms with Gasteiger partial charge in [-0.05, 0) is 78.0 Å². The second-order valence-corrected chi connectivity index (χ2v) is 8.51. The van der Waals surface area contributed by atoms with Crippen LogP contribution in [0.1, 0.15) is 50.8 Å². The van der Waals surface area contributed by atoms with E-state index in [1.807, 2.05) is 23.9 Å². The second-order valence-electron chi connectivity index (χ2n) is 7.37. The average Bonchev–Trinajstić information content (AvgIpc) is 2.63. The van der Waals surface area contributed by atoms with Crippen LogP contribution in [0.5, 0.6) is 5.75 Å². The third-order valence-electron chi connectivity index (χ3n) is 4.88. The fourth-order valence-electron chi connectivity index (χ4n) is 3.19. The summed E-state index contributed by atoms with van der Waals surface area (Å²) in [5, 5.41) is 0. The first-order valence-electron chi connectivity index (χ1n) is 9.30. The van der Waals surface area contributed by atoms with Gasteiger partial charge in [0.25, 0.3) is 0 Å². The van der Waals surface area contributed by atoms with Gasteiger partial charge >= 0.3 is 6.16 Å². The molecule has 0 bridgehead atoms. The van der Waals surface area contributed by atoms with Gasteiger partial charge in [-0.3, -0.25) is 0 Å². The van der Waals surface area contributed by atoms with Crippen LogP contribution in [0.4, 0.5) is 4.79 Å². The maximum Gasteiger partial charge on any atom is 0.513 e. The molecule has 27 heavy (non-hydrogen) atoms. The lowest BCUT2D eigenvalue weighted by molar-refractivity contribution is 0.104. The van der Waals surface area contributed by atoms with Crippen molar-refractivity contribution in [1.29, 1.82) is 0 Å². The molecule has 1 aliphatic rings. The highest BCUT2D eigenvalue weighted by molar-refractivity contribution is 7.99. The number of thioether (sulfide) groups is 1. The van der Waals surface area contributed by atoms with Crippen molar-refractivity contribution < 1.29 is 14.3 Å². The number of fused-ring (bicyclic) bond motifs is 1. The number of carbonyl (C=O) groups is 1. The molecule has 0 saturated heterocycles. The van der Waals surface area contributed by atoms with E-state index in [1.54, 1.807) is 19.1 Å². The molecule has 0 saturated carbocycles. The van der Waals surface area contributed by atoms with Crippen molar-refractivity contribution in [3.63, 3.8) is 0 Å². The van der Waals surface area contributed by atoms with E-state index in [1.165, 1.54) is 33.8 Å². The molecule has 0 radical (unpaired) electrons. The van der Waals surface area contributed by atoms with Gasteiger partial charge in [-0.15, -0.1) is 11.8 Å². The van der Waals surface area contributed by atoms with E-state index < -0.39 is 6.16 Å². The van der Waals surface area contributed by atoms with Crippen molar-refractivity contribution in [2.45, 2.75) is 44.4 Å². The second kappa shape index (κ2) is 8.22. The van der Waals surface area contributed by atoms with Crippen LogP contribution in [-0.2, 0) is 10.2 Å². The van der Waals surface area contributed by atoms with Crippen molar-refractivity contribution in [3.05, 3.63) is 59.2 Å². The Morgan fingerprint density at radius 2 is 1.93 bits per heavy atom. The molecule has 142 valence electrons. The number of hydrogen-bond acceptors (Lipinski definition) is 4. The molecule has 0 amide bonds. The van der Waals surface area contributed by atoms with Crippen LogP contribution in [0.15, 0.2) is 47.4 Å². The van der Waals surface area contributed by atoms with Crippen molar-refractivity contribution >= 4 is 29.6 Å². The Bertz CT molecular complexity index is 850. The van der Waals surface area contributed by atoms with Crippen LogP contribution in [0.25, 0.3) is 11.6 Å². The predicted molar refractivity (Wildman–Crippen MR) is 112 cm³/mol. The highest BCUT2D eigenvalue weighted by Crippen LogP contribution is 2.42. The molecule has 0 atom stereocenters. The van der Waals surface area contributed by atoms with E-state index in [2.05, 4.69) is 45.0 Å². The van der Waals surface area contributed by atoms with E-state index in [9.17, 15) is 4.79 Å². The maximum absolute atomic E-state index is 11.4. The molecule has 1 aliphatic heterocycles. The minimum Gasteiger partial charge on any atom is -0.434 e. The fourth-order valence-corrected chi connectivity index (χ4v) is 4.68. The SMILES string of the molecule is CCOC(=O)Oc1ccc(/C=C(\C)c2ccc3c(c2)C(C)(C)CCS3)cc1. The fraction of sp³-hybridized carbons (Fsp3) is 0.348. The first kappa shape index (κ1) is 19.6. The predicted octanol–water partition coefficient (Wildman–Crippen LogP) is 6.56. The largest absolute Gasteiger partial charge is 0.513 e. The van der Waals surface area contributed by atoms with E-state index in [0.717, 1.165) is 5.56 Å². The zero-order valence-electron chi connectivity index (χ0n) is 16.4. The van der Waals surface area contributed by atoms with Crippen LogP contribution in [0, 0.1) is 0 Å². The first-order chi connectivity index (χ1) is 12.9. The van der Waals surface area contributed by atoms with Gasteiger partial charge in [0.2, 0.25) is 0 Å². The molecule has 0 aliphatic carbocycles. The number of hydrogen-bond donors (Lipinski definition) is 0. The summed E-state index contributed by atoms with van der Waals surface area (Å²) in [7, 11) is 0. The molecular formula is C23H26O3S. The number of benzene rings is 2. The summed E-state index contributed by atoms with van der Waals surface area (Å²) in [4.78, 5) is 12.8. The number of ether oxygens (including phenoxy) is 2. The summed E-state index contributed by atoms with van der Waals surface area (Å²) in [6.45, 7) is 8.84. The van der Waals surface area contributed by atoms with E-state index >= 15 is 0 Å². The Balaban J connectivity index is 1.79. The standard InChI is InChI=1S/C23H26O3S/c1-5-25-22(24)26-19-9-6-17(7-10-19)14-16(2)18-8-11-21-20(15-18)23(3,4)12-13-27-21/h6-11,14-15H,5,12-13H2,1-4H3/b16-14+. The van der Waals surface area contributed by atoms with Crippen LogP contribution < -0.4 is 4.74 Å². The summed E-state index contributed by atoms with van der Waals surface area (Å²) in [5.41, 5.74) is 5.19. The van der Waals surface area contributed by atoms with Crippen molar-refractivity contribution in [3.8, 4) is 5.75 Å². The Hall–Kier alpha value is -2.20. The normalized spacial score (nSPS) is 15.8. The zero-order valence-corrected chi connectivity index (χ0v) is 17.2. The molecule has 0 spiro atoms. The van der Waals surface area contributed by atoms with Gasteiger partial charge in [0.15, 0.2) is 0 Å². The summed E-state index contributed by atoms with van der Waals surface area (Å²) in [6.07, 6.45) is 2.68. The van der Waals surface area contributed by atoms with Gasteiger partial charge in [0.05, 0.1) is 6.61 Å². The topological polar surface area (TPSA) is 35.5 Å². The van der Waals surface area contributed by atoms with Crippen LogP contribution >= 0.6 is 11.8 Å². The van der Waals surface area contributed by atoms with Crippen molar-refractivity contribution in [2.75, 3.05) is 12.4 Å². The highest BCUT2D eigenvalue weighted by atomic mass is 32.2. The van der Waals surface area contributed by atoms with Crippen molar-refractivity contribution in [2.24, 2.45) is 0 Å². The van der Waals surface area contributed by atoms with Crippen LogP contribution in [0.2, 0.25) is 0 Å². The van der Waals surface area contributed by atoms with Crippen molar-refractivity contribution in [1.82, 2.24) is 0 Å². The highest BCUT2D eigenvalue weighted by Gasteiger charge is 2.27. The number of allylic oxidation sites excluding steroid dienone is 1. The van der Waals surface area contributed by atoms with E-state index in [0.29, 0.717) is 12.4 Å². The summed E-state index contributed by atoms with van der Waals surface area (Å²) in [5.74, 6) is 1.67. The van der Waals surface area contributed by atoms with E-state index in [4.69, 9.17) is 9.47 Å². The molecule has 3 rings (SSSR count). The summed E-state index contributed by atoms with van der Waals surface area (Å²) < 4.78 is 9.89. The van der Waals surface area contributed by atoms with Crippen LogP contribution in [0.3, 0.4) is 0 Å². The zero-order chi connectivity index (χ0) is 19.4. The Labute approximate surface area is 165 Å². The lowest BCUT2D eigenvalue weighted by Crippen LogP contribution is -2.22. The molecular weight excluding hydrogens is 356 g/mol. The van der Waals surface area contributed by atoms with Gasteiger partial charge in [0.1, 0.15) is 5.75 Å². The third-order valence-corrected chi connectivity index (χ3v) is 5.95. The number of rotatable bonds is 4. The van der Waals surface area contributed by atoms with Crippen LogP contribution in [-0.4, -0.2) is 18.5 Å². The van der Waals surface area contributed by atoms with Gasteiger partial charge in [-0.1, -0.05) is 38.1 Å². The Morgan fingerprint density at radius 3 is 2.63 bits per heavy atom. The molecule has 0 unspecified atom stereocenters. The number of carbonyl (C=O) groups excluding carboxylic acids is 1. The monoisotopic (exact) mass is 382 g/mol. The lowest BCUT2D eigenvalue weighted by Gasteiger charge is -2.32. The summed E-state index contributed by atoms with van der Waals surface area (Å²) >= 11 is 1.95. The van der Waals surface area contributed by atoms with Gasteiger partial charge in [0, 0.05) is 4.90 Å². The first-order valence-corrected chi connectivity index (χ1v) is 10.3. The molecule has 3 nitrogen and oxygen atoms in total. The van der Waals surface area contributed by atoms with E-state index in [-0.39, 0.29) is 5.41 Å². The maximum atomic E-state index is 11.4. The summed E-state index contributed by atoms with van der Waals surface area (Å²) in [6, 6.07) is 14.2. The molecule has 0 aromatic heterocycles. The molecule has 4 heteroatoms. The smallest absolute Gasteiger partial charge is 0.434 e. The average molecular weight is 383 g/mol. The molecule has 0 fully saturated rings.